The van der Waals surface area contributed by atoms with E-state index < -0.39 is 0 Å². The average molecular weight is 411 g/mol. The van der Waals surface area contributed by atoms with Gasteiger partial charge in [-0.1, -0.05) is 17.8 Å². The molecule has 0 radical (unpaired) electrons. The molecule has 1 atom stereocenters. The van der Waals surface area contributed by atoms with Crippen LogP contribution in [-0.2, 0) is 0 Å². The summed E-state index contributed by atoms with van der Waals surface area (Å²) in [5.41, 5.74) is 1.82. The van der Waals surface area contributed by atoms with Crippen LogP contribution >= 0.6 is 11.8 Å². The van der Waals surface area contributed by atoms with Gasteiger partial charge in [-0.15, -0.1) is 5.10 Å². The molecule has 0 N–H and O–H groups in total. The zero-order valence-corrected chi connectivity index (χ0v) is 17.2. The fraction of sp³-hybridized carbons (Fsp3) is 0.286. The minimum Gasteiger partial charge on any atom is -0.497 e. The first-order valence-electron chi connectivity index (χ1n) is 9.25. The van der Waals surface area contributed by atoms with Crippen LogP contribution in [0.3, 0.4) is 0 Å². The summed E-state index contributed by atoms with van der Waals surface area (Å²) in [6, 6.07) is 13.2. The number of ether oxygens (including phenoxy) is 3. The third-order valence-electron chi connectivity index (χ3n) is 4.63. The summed E-state index contributed by atoms with van der Waals surface area (Å²) < 4.78 is 17.6. The van der Waals surface area contributed by atoms with Crippen LogP contribution in [0.15, 0.2) is 47.6 Å². The fourth-order valence-corrected chi connectivity index (χ4v) is 4.30. The van der Waals surface area contributed by atoms with Crippen LogP contribution < -0.4 is 14.2 Å². The van der Waals surface area contributed by atoms with E-state index in [4.69, 9.17) is 14.2 Å². The minimum atomic E-state index is -0.0798. The van der Waals surface area contributed by atoms with Crippen molar-refractivity contribution in [2.24, 2.45) is 0 Å². The third kappa shape index (κ3) is 3.80. The average Bonchev–Trinajstić information content (AvgIpc) is 3.19. The number of benzene rings is 2. The normalized spacial score (nSPS) is 15.7. The van der Waals surface area contributed by atoms with Crippen molar-refractivity contribution < 1.29 is 19.0 Å². The Hall–Kier alpha value is -3.00. The monoisotopic (exact) mass is 411 g/mol. The van der Waals surface area contributed by atoms with Crippen LogP contribution in [0.5, 0.6) is 17.2 Å². The molecule has 0 bridgehead atoms. The van der Waals surface area contributed by atoms with E-state index in [-0.39, 0.29) is 11.2 Å². The Morgan fingerprint density at radius 2 is 1.90 bits per heavy atom. The molecule has 0 fully saturated rings. The van der Waals surface area contributed by atoms with Gasteiger partial charge in [0.2, 0.25) is 0 Å². The first-order chi connectivity index (χ1) is 14.1. The third-order valence-corrected chi connectivity index (χ3v) is 5.83. The van der Waals surface area contributed by atoms with Crippen LogP contribution in [0.25, 0.3) is 11.4 Å². The number of methoxy groups -OCH3 is 2. The van der Waals surface area contributed by atoms with Gasteiger partial charge in [0.05, 0.1) is 20.8 Å². The van der Waals surface area contributed by atoms with E-state index in [9.17, 15) is 4.79 Å². The van der Waals surface area contributed by atoms with E-state index in [1.54, 1.807) is 14.2 Å². The number of nitrogens with zero attached hydrogens (tertiary/aromatic N) is 3. The van der Waals surface area contributed by atoms with E-state index in [0.29, 0.717) is 35.5 Å². The molecule has 0 saturated heterocycles. The van der Waals surface area contributed by atoms with E-state index in [1.165, 1.54) is 16.4 Å². The Balaban J connectivity index is 1.61. The van der Waals surface area contributed by atoms with Gasteiger partial charge in [0.1, 0.15) is 5.75 Å². The Kier molecular flexibility index (Phi) is 5.44. The Morgan fingerprint density at radius 3 is 2.59 bits per heavy atom. The van der Waals surface area contributed by atoms with Gasteiger partial charge in [-0.05, 0) is 48.9 Å². The van der Waals surface area contributed by atoms with Crippen molar-refractivity contribution in [2.45, 2.75) is 23.8 Å². The highest BCUT2D eigenvalue weighted by molar-refractivity contribution is 7.99. The SMILES string of the molecule is CCOc1ccc(C2CC(=O)n3nc(-c4ccc(OC)cc4)nc3S2)cc1OC. The van der Waals surface area contributed by atoms with E-state index in [2.05, 4.69) is 10.1 Å². The van der Waals surface area contributed by atoms with Gasteiger partial charge in [0, 0.05) is 17.2 Å². The highest BCUT2D eigenvalue weighted by Gasteiger charge is 2.30. The number of thioether (sulfide) groups is 1. The van der Waals surface area contributed by atoms with Crippen molar-refractivity contribution >= 4 is 17.7 Å². The first kappa shape index (κ1) is 19.3. The topological polar surface area (TPSA) is 75.5 Å². The second-order valence-corrected chi connectivity index (χ2v) is 7.58. The van der Waals surface area contributed by atoms with E-state index in [0.717, 1.165) is 16.9 Å². The molecule has 1 aromatic heterocycles. The zero-order chi connectivity index (χ0) is 20.4. The molecule has 0 aliphatic carbocycles. The van der Waals surface area contributed by atoms with E-state index >= 15 is 0 Å². The lowest BCUT2D eigenvalue weighted by molar-refractivity contribution is 0.0868. The molecule has 1 aliphatic rings. The molecule has 3 aromatic rings. The van der Waals surface area contributed by atoms with Gasteiger partial charge < -0.3 is 14.2 Å². The summed E-state index contributed by atoms with van der Waals surface area (Å²) in [5, 5.41) is 4.93. The lowest BCUT2D eigenvalue weighted by atomic mass is 10.1. The highest BCUT2D eigenvalue weighted by atomic mass is 32.2. The van der Waals surface area contributed by atoms with Crippen molar-refractivity contribution in [3.63, 3.8) is 0 Å². The lowest BCUT2D eigenvalue weighted by Gasteiger charge is -2.21. The summed E-state index contributed by atoms with van der Waals surface area (Å²) in [6.45, 7) is 2.49. The number of carbonyl (C=O) groups excluding carboxylic acids is 1. The molecule has 0 amide bonds. The summed E-state index contributed by atoms with van der Waals surface area (Å²) >= 11 is 1.52. The molecule has 2 aromatic carbocycles. The summed E-state index contributed by atoms with van der Waals surface area (Å²) in [6.07, 6.45) is 0.334. The summed E-state index contributed by atoms with van der Waals surface area (Å²) in [5.74, 6) is 2.55. The maximum atomic E-state index is 12.7. The second-order valence-electron chi connectivity index (χ2n) is 6.41. The zero-order valence-electron chi connectivity index (χ0n) is 16.4. The highest BCUT2D eigenvalue weighted by Crippen LogP contribution is 2.43. The predicted octanol–water partition coefficient (Wildman–Crippen LogP) is 4.24. The minimum absolute atomic E-state index is 0.0625. The molecule has 29 heavy (non-hydrogen) atoms. The number of rotatable bonds is 6. The molecule has 8 heteroatoms. The number of aromatic nitrogens is 3. The predicted molar refractivity (Wildman–Crippen MR) is 110 cm³/mol. The standard InChI is InChI=1S/C21H21N3O4S/c1-4-28-16-10-7-14(11-17(16)27-3)18-12-19(25)24-21(29-18)22-20(23-24)13-5-8-15(26-2)9-6-13/h5-11,18H,4,12H2,1-3H3. The van der Waals surface area contributed by atoms with Gasteiger partial charge in [-0.2, -0.15) is 4.68 Å². The van der Waals surface area contributed by atoms with Gasteiger partial charge in [-0.25, -0.2) is 4.98 Å². The van der Waals surface area contributed by atoms with Crippen molar-refractivity contribution in [2.75, 3.05) is 20.8 Å². The number of hydrogen-bond acceptors (Lipinski definition) is 7. The Labute approximate surface area is 173 Å². The first-order valence-corrected chi connectivity index (χ1v) is 10.1. The van der Waals surface area contributed by atoms with Gasteiger partial charge in [0.25, 0.3) is 5.91 Å². The van der Waals surface area contributed by atoms with Crippen molar-refractivity contribution in [3.05, 3.63) is 48.0 Å². The number of hydrogen-bond donors (Lipinski definition) is 0. The molecular formula is C21H21N3O4S. The Bertz CT molecular complexity index is 1030. The van der Waals surface area contributed by atoms with Gasteiger partial charge >= 0.3 is 0 Å². The van der Waals surface area contributed by atoms with Gasteiger partial charge in [-0.3, -0.25) is 4.79 Å². The quantitative estimate of drug-likeness (QED) is 0.600. The largest absolute Gasteiger partial charge is 0.497 e. The lowest BCUT2D eigenvalue weighted by Crippen LogP contribution is -2.21. The molecule has 1 aliphatic heterocycles. The molecule has 0 saturated carbocycles. The Morgan fingerprint density at radius 1 is 1.10 bits per heavy atom. The number of fused-ring (bicyclic) bond motifs is 1. The van der Waals surface area contributed by atoms with Crippen molar-refractivity contribution in [3.8, 4) is 28.6 Å². The smallest absolute Gasteiger partial charge is 0.250 e. The molecular weight excluding hydrogens is 390 g/mol. The molecule has 4 rings (SSSR count). The molecule has 150 valence electrons. The summed E-state index contributed by atoms with van der Waals surface area (Å²) in [7, 11) is 3.23. The van der Waals surface area contributed by atoms with Crippen LogP contribution in [0, 0.1) is 0 Å². The molecule has 2 heterocycles. The number of carbonyl (C=O) groups is 1. The van der Waals surface area contributed by atoms with Gasteiger partial charge in [0.15, 0.2) is 22.5 Å². The van der Waals surface area contributed by atoms with Crippen molar-refractivity contribution in [1.29, 1.82) is 0 Å². The fourth-order valence-electron chi connectivity index (χ4n) is 3.16. The van der Waals surface area contributed by atoms with Crippen LogP contribution in [0.4, 0.5) is 0 Å². The molecule has 0 spiro atoms. The van der Waals surface area contributed by atoms with Crippen LogP contribution in [-0.4, -0.2) is 41.5 Å². The van der Waals surface area contributed by atoms with Crippen LogP contribution in [0.1, 0.15) is 29.0 Å². The second kappa shape index (κ2) is 8.16. The maximum absolute atomic E-state index is 12.7. The maximum Gasteiger partial charge on any atom is 0.250 e. The molecule has 1 unspecified atom stereocenters. The molecule has 7 nitrogen and oxygen atoms in total. The summed E-state index contributed by atoms with van der Waals surface area (Å²) in [4.78, 5) is 17.3. The van der Waals surface area contributed by atoms with Crippen molar-refractivity contribution in [1.82, 2.24) is 14.8 Å². The van der Waals surface area contributed by atoms with E-state index in [1.807, 2.05) is 49.4 Å². The van der Waals surface area contributed by atoms with Crippen LogP contribution in [0.2, 0.25) is 0 Å².